The van der Waals surface area contributed by atoms with Crippen molar-refractivity contribution in [1.82, 2.24) is 0 Å². The van der Waals surface area contributed by atoms with E-state index in [-0.39, 0.29) is 11.6 Å². The summed E-state index contributed by atoms with van der Waals surface area (Å²) < 4.78 is 5.64. The summed E-state index contributed by atoms with van der Waals surface area (Å²) in [5.74, 6) is -0.822. The first-order valence-corrected chi connectivity index (χ1v) is 13.7. The van der Waals surface area contributed by atoms with Crippen molar-refractivity contribution in [1.29, 1.82) is 0 Å². The minimum absolute atomic E-state index is 0.0166. The highest BCUT2D eigenvalue weighted by Crippen LogP contribution is 2.50. The van der Waals surface area contributed by atoms with Crippen molar-refractivity contribution in [3.63, 3.8) is 0 Å². The van der Waals surface area contributed by atoms with Crippen LogP contribution < -0.4 is 14.7 Å². The molecule has 6 rings (SSSR count). The zero-order valence-corrected chi connectivity index (χ0v) is 22.3. The van der Waals surface area contributed by atoms with Gasteiger partial charge in [0.2, 0.25) is 5.91 Å². The second-order valence-electron chi connectivity index (χ2n) is 9.52. The molecule has 2 fully saturated rings. The van der Waals surface area contributed by atoms with E-state index >= 15 is 0 Å². The fourth-order valence-electron chi connectivity index (χ4n) is 5.08. The van der Waals surface area contributed by atoms with Gasteiger partial charge in [-0.1, -0.05) is 25.1 Å². The van der Waals surface area contributed by atoms with Crippen LogP contribution in [-0.4, -0.2) is 29.4 Å². The number of hydroxylamine groups is 1. The van der Waals surface area contributed by atoms with Crippen LogP contribution in [0.25, 0.3) is 10.4 Å². The number of imide groups is 1. The van der Waals surface area contributed by atoms with Crippen molar-refractivity contribution in [2.75, 3.05) is 16.6 Å². The van der Waals surface area contributed by atoms with E-state index in [2.05, 4.69) is 0 Å². The van der Waals surface area contributed by atoms with Crippen LogP contribution in [0.15, 0.2) is 91.0 Å². The zero-order valence-electron chi connectivity index (χ0n) is 21.5. The van der Waals surface area contributed by atoms with Crippen molar-refractivity contribution in [2.45, 2.75) is 25.5 Å². The molecule has 9 nitrogen and oxygen atoms in total. The number of benzene rings is 3. The van der Waals surface area contributed by atoms with Gasteiger partial charge in [0, 0.05) is 21.9 Å². The molecule has 0 saturated carbocycles. The van der Waals surface area contributed by atoms with Gasteiger partial charge >= 0.3 is 0 Å². The Bertz CT molecular complexity index is 1550. The Morgan fingerprint density at radius 3 is 2.30 bits per heavy atom. The smallest absolute Gasteiger partial charge is 0.269 e. The normalized spacial score (nSPS) is 20.2. The van der Waals surface area contributed by atoms with Crippen molar-refractivity contribution in [3.8, 4) is 16.2 Å². The Balaban J connectivity index is 1.34. The van der Waals surface area contributed by atoms with Gasteiger partial charge < -0.3 is 4.74 Å². The number of amides is 2. The minimum Gasteiger partial charge on any atom is -0.494 e. The lowest BCUT2D eigenvalue weighted by atomic mass is 9.95. The molecule has 3 atom stereocenters. The number of carbonyl (C=O) groups excluding carboxylic acids is 2. The Kier molecular flexibility index (Phi) is 6.79. The quantitative estimate of drug-likeness (QED) is 0.146. The van der Waals surface area contributed by atoms with E-state index in [4.69, 9.17) is 9.57 Å². The first-order chi connectivity index (χ1) is 19.5. The number of hydrogen-bond donors (Lipinski definition) is 0. The summed E-state index contributed by atoms with van der Waals surface area (Å²) >= 11 is 1.46. The van der Waals surface area contributed by atoms with E-state index in [0.717, 1.165) is 27.4 Å². The Morgan fingerprint density at radius 1 is 0.900 bits per heavy atom. The fraction of sp³-hybridized carbons (Fsp3) is 0.200. The van der Waals surface area contributed by atoms with Crippen LogP contribution in [0.5, 0.6) is 5.75 Å². The Morgan fingerprint density at radius 2 is 1.62 bits per heavy atom. The first kappa shape index (κ1) is 25.7. The van der Waals surface area contributed by atoms with E-state index in [1.165, 1.54) is 28.4 Å². The van der Waals surface area contributed by atoms with Gasteiger partial charge in [-0.2, -0.15) is 0 Å². The molecule has 10 heteroatoms. The molecule has 0 aliphatic carbocycles. The number of para-hydroxylation sites is 1. The largest absolute Gasteiger partial charge is 0.494 e. The van der Waals surface area contributed by atoms with Gasteiger partial charge in [0.15, 0.2) is 6.10 Å². The monoisotopic (exact) mass is 555 g/mol. The van der Waals surface area contributed by atoms with Crippen molar-refractivity contribution < 1.29 is 24.1 Å². The minimum atomic E-state index is -0.973. The van der Waals surface area contributed by atoms with Crippen LogP contribution >= 0.6 is 11.3 Å². The lowest BCUT2D eigenvalue weighted by molar-refractivity contribution is -0.384. The Labute approximate surface area is 234 Å². The van der Waals surface area contributed by atoms with Crippen molar-refractivity contribution in [3.05, 3.63) is 106 Å². The highest BCUT2D eigenvalue weighted by Gasteiger charge is 2.60. The third kappa shape index (κ3) is 4.51. The summed E-state index contributed by atoms with van der Waals surface area (Å²) in [6.07, 6.45) is -0.0990. The maximum Gasteiger partial charge on any atom is 0.269 e. The van der Waals surface area contributed by atoms with Gasteiger partial charge in [-0.25, -0.2) is 9.96 Å². The predicted molar refractivity (Wildman–Crippen MR) is 151 cm³/mol. The summed E-state index contributed by atoms with van der Waals surface area (Å²) in [7, 11) is 0. The van der Waals surface area contributed by atoms with E-state index < -0.39 is 28.9 Å². The molecule has 0 unspecified atom stereocenters. The molecular weight excluding hydrogens is 530 g/mol. The molecule has 0 spiro atoms. The highest BCUT2D eigenvalue weighted by atomic mass is 32.1. The van der Waals surface area contributed by atoms with E-state index in [1.807, 2.05) is 49.4 Å². The maximum atomic E-state index is 13.9. The molecule has 2 amide bonds. The molecule has 2 aliphatic heterocycles. The van der Waals surface area contributed by atoms with Gasteiger partial charge in [-0.15, -0.1) is 11.3 Å². The molecule has 3 heterocycles. The summed E-state index contributed by atoms with van der Waals surface area (Å²) in [6.45, 7) is 2.60. The molecule has 2 saturated heterocycles. The number of anilines is 2. The zero-order chi connectivity index (χ0) is 27.8. The molecule has 0 N–H and O–H groups in total. The van der Waals surface area contributed by atoms with Gasteiger partial charge in [-0.05, 0) is 72.6 Å². The van der Waals surface area contributed by atoms with E-state index in [0.29, 0.717) is 18.0 Å². The SMILES string of the molecule is CCCOc1ccc(N2C(=O)[C@@H]3[C@H](ON(c4ccccc4)[C@H]3c3ccc(-c4ccc([N+](=O)[O-])cc4)s3)C2=O)cc1. The second-order valence-corrected chi connectivity index (χ2v) is 10.6. The summed E-state index contributed by atoms with van der Waals surface area (Å²) in [5, 5.41) is 12.7. The van der Waals surface area contributed by atoms with Crippen molar-refractivity contribution >= 4 is 40.2 Å². The average molecular weight is 556 g/mol. The van der Waals surface area contributed by atoms with Crippen LogP contribution in [0.3, 0.4) is 0 Å². The lowest BCUT2D eigenvalue weighted by Gasteiger charge is -2.27. The number of non-ortho nitro benzene ring substituents is 1. The molecule has 3 aromatic carbocycles. The van der Waals surface area contributed by atoms with Gasteiger partial charge in [-0.3, -0.25) is 24.5 Å². The molecule has 0 bridgehead atoms. The first-order valence-electron chi connectivity index (χ1n) is 12.9. The maximum absolute atomic E-state index is 13.9. The highest BCUT2D eigenvalue weighted by molar-refractivity contribution is 7.15. The third-order valence-electron chi connectivity index (χ3n) is 6.97. The topological polar surface area (TPSA) is 102 Å². The number of fused-ring (bicyclic) bond motifs is 1. The fourth-order valence-corrected chi connectivity index (χ4v) is 6.23. The number of rotatable bonds is 8. The molecular formula is C30H25N3O6S. The number of thiophene rings is 1. The number of carbonyl (C=O) groups is 2. The summed E-state index contributed by atoms with van der Waals surface area (Å²) in [6, 6.07) is 26.0. The molecule has 2 aliphatic rings. The van der Waals surface area contributed by atoms with Crippen LogP contribution in [-0.2, 0) is 14.4 Å². The van der Waals surface area contributed by atoms with Crippen LogP contribution in [0.2, 0.25) is 0 Å². The van der Waals surface area contributed by atoms with Gasteiger partial charge in [0.25, 0.3) is 11.6 Å². The Hall–Kier alpha value is -4.54. The van der Waals surface area contributed by atoms with Crippen molar-refractivity contribution in [2.24, 2.45) is 5.92 Å². The number of nitrogens with zero attached hydrogens (tertiary/aromatic N) is 3. The molecule has 1 aromatic heterocycles. The third-order valence-corrected chi connectivity index (χ3v) is 8.18. The molecule has 4 aromatic rings. The average Bonchev–Trinajstić information content (AvgIpc) is 3.68. The van der Waals surface area contributed by atoms with Crippen LogP contribution in [0, 0.1) is 16.0 Å². The van der Waals surface area contributed by atoms with E-state index in [1.54, 1.807) is 41.5 Å². The van der Waals surface area contributed by atoms with Crippen LogP contribution in [0.1, 0.15) is 24.3 Å². The van der Waals surface area contributed by atoms with Gasteiger partial charge in [0.1, 0.15) is 17.7 Å². The number of nitro groups is 1. The molecule has 40 heavy (non-hydrogen) atoms. The number of ether oxygens (including phenoxy) is 1. The lowest BCUT2D eigenvalue weighted by Crippen LogP contribution is -2.37. The van der Waals surface area contributed by atoms with Crippen LogP contribution in [0.4, 0.5) is 17.1 Å². The molecule has 0 radical (unpaired) electrons. The van der Waals surface area contributed by atoms with E-state index in [9.17, 15) is 19.7 Å². The summed E-state index contributed by atoms with van der Waals surface area (Å²) in [5.41, 5.74) is 2.05. The predicted octanol–water partition coefficient (Wildman–Crippen LogP) is 6.16. The number of hydrogen-bond acceptors (Lipinski definition) is 8. The number of nitro benzene ring substituents is 1. The summed E-state index contributed by atoms with van der Waals surface area (Å²) in [4.78, 5) is 47.3. The second kappa shape index (κ2) is 10.6. The molecule has 202 valence electrons. The van der Waals surface area contributed by atoms with Gasteiger partial charge in [0.05, 0.1) is 22.9 Å². The standard InChI is InChI=1S/C30H25N3O6S/c1-2-18-38-23-14-12-20(13-15-23)31-29(34)26-27(32(39-28(26)30(31)35)21-6-4-3-5-7-21)25-17-16-24(40-25)19-8-10-22(11-9-19)33(36)37/h3-17,26-28H,2,18H2,1H3/t26-,27-,28-/m0/s1.